The summed E-state index contributed by atoms with van der Waals surface area (Å²) in [6.45, 7) is 2.51. The molecule has 0 atom stereocenters. The molecule has 3 aromatic carbocycles. The van der Waals surface area contributed by atoms with Gasteiger partial charge in [-0.05, 0) is 55.0 Å². The van der Waals surface area contributed by atoms with E-state index in [9.17, 15) is 9.59 Å². The first-order chi connectivity index (χ1) is 15.5. The molecule has 0 aromatic heterocycles. The lowest BCUT2D eigenvalue weighted by Gasteiger charge is -2.13. The fourth-order valence-electron chi connectivity index (χ4n) is 2.87. The van der Waals surface area contributed by atoms with Crippen LogP contribution in [0.1, 0.15) is 30.1 Å². The highest BCUT2D eigenvalue weighted by atomic mass is 79.9. The average molecular weight is 497 g/mol. The number of para-hydroxylation sites is 1. The van der Waals surface area contributed by atoms with E-state index in [1.54, 1.807) is 48.5 Å². The van der Waals surface area contributed by atoms with Crippen molar-refractivity contribution in [3.8, 4) is 11.5 Å². The topological polar surface area (TPSA) is 76.7 Å². The second kappa shape index (κ2) is 11.9. The van der Waals surface area contributed by atoms with Crippen LogP contribution in [-0.4, -0.2) is 25.0 Å². The molecule has 0 fully saturated rings. The maximum atomic E-state index is 12.9. The van der Waals surface area contributed by atoms with Gasteiger partial charge in [-0.25, -0.2) is 0 Å². The van der Waals surface area contributed by atoms with Crippen molar-refractivity contribution >= 4 is 39.1 Å². The number of nitrogens with one attached hydrogen (secondary N) is 2. The van der Waals surface area contributed by atoms with Gasteiger partial charge in [0, 0.05) is 15.8 Å². The molecule has 0 bridgehead atoms. The maximum Gasteiger partial charge on any atom is 0.262 e. The van der Waals surface area contributed by atoms with Crippen LogP contribution in [0.4, 0.5) is 11.4 Å². The van der Waals surface area contributed by atoms with Gasteiger partial charge in [0.1, 0.15) is 11.5 Å². The van der Waals surface area contributed by atoms with Gasteiger partial charge in [-0.3, -0.25) is 9.59 Å². The van der Waals surface area contributed by atoms with Crippen molar-refractivity contribution in [3.05, 3.63) is 82.8 Å². The summed E-state index contributed by atoms with van der Waals surface area (Å²) in [7, 11) is 0. The van der Waals surface area contributed by atoms with Crippen LogP contribution in [0.25, 0.3) is 0 Å². The minimum atomic E-state index is -0.298. The van der Waals surface area contributed by atoms with Gasteiger partial charge >= 0.3 is 0 Å². The number of unbranched alkanes of at least 4 members (excludes halogenated alkanes) is 1. The third-order valence-electron chi connectivity index (χ3n) is 4.46. The Morgan fingerprint density at radius 2 is 1.62 bits per heavy atom. The van der Waals surface area contributed by atoms with Gasteiger partial charge in [0.05, 0.1) is 12.2 Å². The van der Waals surface area contributed by atoms with Crippen LogP contribution in [-0.2, 0) is 4.79 Å². The molecule has 0 radical (unpaired) electrons. The molecule has 2 amide bonds. The van der Waals surface area contributed by atoms with E-state index in [0.717, 1.165) is 17.3 Å². The Bertz CT molecular complexity index is 1060. The SMILES string of the molecule is CCCCOc1ccc(Br)cc1C(=O)Nc1cccc(NC(=O)COc2ccccc2)c1. The molecule has 7 heteroatoms. The zero-order valence-corrected chi connectivity index (χ0v) is 19.4. The number of hydrogen-bond acceptors (Lipinski definition) is 4. The normalized spacial score (nSPS) is 10.3. The lowest BCUT2D eigenvalue weighted by molar-refractivity contribution is -0.118. The summed E-state index contributed by atoms with van der Waals surface area (Å²) in [5.74, 6) is 0.556. The third kappa shape index (κ3) is 7.13. The smallest absolute Gasteiger partial charge is 0.262 e. The van der Waals surface area contributed by atoms with Gasteiger partial charge in [-0.15, -0.1) is 0 Å². The van der Waals surface area contributed by atoms with Crippen molar-refractivity contribution in [1.29, 1.82) is 0 Å². The van der Waals surface area contributed by atoms with Gasteiger partial charge in [0.15, 0.2) is 6.61 Å². The Labute approximate surface area is 196 Å². The maximum absolute atomic E-state index is 12.9. The molecule has 2 N–H and O–H groups in total. The van der Waals surface area contributed by atoms with E-state index < -0.39 is 0 Å². The van der Waals surface area contributed by atoms with Crippen LogP contribution < -0.4 is 20.1 Å². The second-order valence-corrected chi connectivity index (χ2v) is 7.94. The Balaban J connectivity index is 1.62. The minimum Gasteiger partial charge on any atom is -0.493 e. The number of ether oxygens (including phenoxy) is 2. The Kier molecular flexibility index (Phi) is 8.69. The number of hydrogen-bond donors (Lipinski definition) is 2. The molecule has 0 heterocycles. The molecule has 3 rings (SSSR count). The van der Waals surface area contributed by atoms with E-state index >= 15 is 0 Å². The molecule has 0 aliphatic rings. The predicted molar refractivity (Wildman–Crippen MR) is 130 cm³/mol. The summed E-state index contributed by atoms with van der Waals surface area (Å²) in [6, 6.07) is 21.4. The van der Waals surface area contributed by atoms with E-state index in [0.29, 0.717) is 35.0 Å². The highest BCUT2D eigenvalue weighted by Gasteiger charge is 2.14. The number of anilines is 2. The highest BCUT2D eigenvalue weighted by molar-refractivity contribution is 9.10. The molecule has 0 saturated heterocycles. The Morgan fingerprint density at radius 3 is 2.38 bits per heavy atom. The molecular weight excluding hydrogens is 472 g/mol. The standard InChI is InChI=1S/C25H25BrN2O4/c1-2-3-14-31-23-13-12-18(26)15-22(23)25(30)28-20-9-7-8-19(16-20)27-24(29)17-32-21-10-5-4-6-11-21/h4-13,15-16H,2-3,14,17H2,1H3,(H,27,29)(H,28,30). The van der Waals surface area contributed by atoms with Crippen LogP contribution in [0, 0.1) is 0 Å². The molecular formula is C25H25BrN2O4. The third-order valence-corrected chi connectivity index (χ3v) is 4.95. The summed E-state index contributed by atoms with van der Waals surface area (Å²) >= 11 is 3.41. The molecule has 166 valence electrons. The summed E-state index contributed by atoms with van der Waals surface area (Å²) in [4.78, 5) is 25.1. The van der Waals surface area contributed by atoms with E-state index in [1.165, 1.54) is 0 Å². The molecule has 0 aliphatic heterocycles. The molecule has 0 saturated carbocycles. The fourth-order valence-corrected chi connectivity index (χ4v) is 3.23. The zero-order valence-electron chi connectivity index (χ0n) is 17.8. The van der Waals surface area contributed by atoms with E-state index in [4.69, 9.17) is 9.47 Å². The number of carbonyl (C=O) groups excluding carboxylic acids is 2. The van der Waals surface area contributed by atoms with Crippen LogP contribution in [0.2, 0.25) is 0 Å². The largest absolute Gasteiger partial charge is 0.493 e. The molecule has 3 aromatic rings. The quantitative estimate of drug-likeness (QED) is 0.342. The van der Waals surface area contributed by atoms with E-state index in [1.807, 2.05) is 24.3 Å². The van der Waals surface area contributed by atoms with Gasteiger partial charge in [-0.1, -0.05) is 53.5 Å². The Hall–Kier alpha value is -3.32. The van der Waals surface area contributed by atoms with Gasteiger partial charge in [0.25, 0.3) is 11.8 Å². The first kappa shape index (κ1) is 23.3. The van der Waals surface area contributed by atoms with E-state index in [-0.39, 0.29) is 18.4 Å². The predicted octanol–water partition coefficient (Wildman–Crippen LogP) is 5.90. The van der Waals surface area contributed by atoms with Gasteiger partial charge in [-0.2, -0.15) is 0 Å². The number of benzene rings is 3. The van der Waals surface area contributed by atoms with Crippen molar-refractivity contribution in [1.82, 2.24) is 0 Å². The highest BCUT2D eigenvalue weighted by Crippen LogP contribution is 2.25. The van der Waals surface area contributed by atoms with Gasteiger partial charge in [0.2, 0.25) is 0 Å². The number of halogens is 1. The number of amides is 2. The first-order valence-corrected chi connectivity index (χ1v) is 11.2. The van der Waals surface area contributed by atoms with E-state index in [2.05, 4.69) is 33.5 Å². The van der Waals surface area contributed by atoms with Crippen LogP contribution in [0.3, 0.4) is 0 Å². The number of rotatable bonds is 10. The summed E-state index contributed by atoms with van der Waals surface area (Å²) in [5.41, 5.74) is 1.54. The number of carbonyl (C=O) groups is 2. The van der Waals surface area contributed by atoms with Crippen molar-refractivity contribution in [2.24, 2.45) is 0 Å². The molecule has 0 spiro atoms. The summed E-state index contributed by atoms with van der Waals surface area (Å²) in [6.07, 6.45) is 1.92. The van der Waals surface area contributed by atoms with Crippen molar-refractivity contribution < 1.29 is 19.1 Å². The van der Waals surface area contributed by atoms with Crippen LogP contribution >= 0.6 is 15.9 Å². The molecule has 0 unspecified atom stereocenters. The lowest BCUT2D eigenvalue weighted by atomic mass is 10.1. The minimum absolute atomic E-state index is 0.114. The second-order valence-electron chi connectivity index (χ2n) is 7.03. The van der Waals surface area contributed by atoms with Crippen molar-refractivity contribution in [2.45, 2.75) is 19.8 Å². The summed E-state index contributed by atoms with van der Waals surface area (Å²) < 4.78 is 12.0. The molecule has 0 aliphatic carbocycles. The Morgan fingerprint density at radius 1 is 0.875 bits per heavy atom. The van der Waals surface area contributed by atoms with Crippen molar-refractivity contribution in [2.75, 3.05) is 23.8 Å². The molecule has 32 heavy (non-hydrogen) atoms. The zero-order chi connectivity index (χ0) is 22.8. The fraction of sp³-hybridized carbons (Fsp3) is 0.200. The summed E-state index contributed by atoms with van der Waals surface area (Å²) in [5, 5.41) is 5.64. The monoisotopic (exact) mass is 496 g/mol. The first-order valence-electron chi connectivity index (χ1n) is 10.4. The van der Waals surface area contributed by atoms with Crippen molar-refractivity contribution in [3.63, 3.8) is 0 Å². The average Bonchev–Trinajstić information content (AvgIpc) is 2.79. The van der Waals surface area contributed by atoms with Gasteiger partial charge < -0.3 is 20.1 Å². The molecule has 6 nitrogen and oxygen atoms in total. The van der Waals surface area contributed by atoms with Crippen LogP contribution in [0.5, 0.6) is 11.5 Å². The van der Waals surface area contributed by atoms with Crippen LogP contribution in [0.15, 0.2) is 77.3 Å². The lowest BCUT2D eigenvalue weighted by Crippen LogP contribution is -2.20.